The minimum absolute atomic E-state index is 0.151. The molecule has 0 saturated carbocycles. The van der Waals surface area contributed by atoms with Gasteiger partial charge in [0, 0.05) is 12.5 Å². The maximum atomic E-state index is 11.3. The smallest absolute Gasteiger partial charge is 0.308 e. The van der Waals surface area contributed by atoms with Gasteiger partial charge in [0.15, 0.2) is 0 Å². The normalized spacial score (nSPS) is 20.7. The van der Waals surface area contributed by atoms with E-state index in [9.17, 15) is 4.79 Å². The summed E-state index contributed by atoms with van der Waals surface area (Å²) in [6.07, 6.45) is 2.84. The number of esters is 1. The van der Waals surface area contributed by atoms with Gasteiger partial charge >= 0.3 is 5.97 Å². The predicted octanol–water partition coefficient (Wildman–Crippen LogP) is 3.94. The van der Waals surface area contributed by atoms with Gasteiger partial charge in [-0.05, 0) is 69.4 Å². The summed E-state index contributed by atoms with van der Waals surface area (Å²) in [5, 5.41) is 0. The molecule has 1 unspecified atom stereocenters. The van der Waals surface area contributed by atoms with Crippen LogP contribution in [0.15, 0.2) is 0 Å². The number of carbonyl (C=O) groups is 1. The molecule has 2 rings (SSSR count). The number of carbonyl (C=O) groups excluding carboxylic acids is 1. The van der Waals surface area contributed by atoms with E-state index >= 15 is 0 Å². The molecule has 0 spiro atoms. The SMILES string of the molecule is CC(=O)Oc1c(C)c(C)c2c(c1C)CCC(C)(CCS)O2. The Hall–Kier alpha value is -1.16. The van der Waals surface area contributed by atoms with E-state index in [0.29, 0.717) is 5.75 Å². The van der Waals surface area contributed by atoms with Crippen molar-refractivity contribution in [1.29, 1.82) is 0 Å². The summed E-state index contributed by atoms with van der Waals surface area (Å²) in [6.45, 7) is 9.61. The molecular formula is C17H24O3S. The third-order valence-electron chi connectivity index (χ3n) is 4.45. The van der Waals surface area contributed by atoms with Gasteiger partial charge in [-0.15, -0.1) is 0 Å². The van der Waals surface area contributed by atoms with Gasteiger partial charge in [-0.3, -0.25) is 4.79 Å². The van der Waals surface area contributed by atoms with Crippen molar-refractivity contribution in [2.24, 2.45) is 0 Å². The zero-order valence-corrected chi connectivity index (χ0v) is 14.4. The second-order valence-electron chi connectivity index (χ2n) is 6.13. The minimum atomic E-state index is -0.280. The Morgan fingerprint density at radius 3 is 2.52 bits per heavy atom. The van der Waals surface area contributed by atoms with Crippen molar-refractivity contribution in [3.05, 3.63) is 22.3 Å². The number of ether oxygens (including phenoxy) is 2. The molecule has 0 N–H and O–H groups in total. The topological polar surface area (TPSA) is 35.5 Å². The van der Waals surface area contributed by atoms with Crippen LogP contribution in [0.25, 0.3) is 0 Å². The zero-order valence-electron chi connectivity index (χ0n) is 13.5. The van der Waals surface area contributed by atoms with Gasteiger partial charge in [-0.25, -0.2) is 0 Å². The molecule has 1 aliphatic heterocycles. The Bertz CT molecular complexity index is 580. The molecule has 1 aromatic rings. The zero-order chi connectivity index (χ0) is 15.8. The van der Waals surface area contributed by atoms with Crippen LogP contribution in [0.1, 0.15) is 48.9 Å². The maximum Gasteiger partial charge on any atom is 0.308 e. The lowest BCUT2D eigenvalue weighted by molar-refractivity contribution is -0.132. The third kappa shape index (κ3) is 3.05. The highest BCUT2D eigenvalue weighted by Gasteiger charge is 2.34. The number of benzene rings is 1. The molecule has 0 aromatic heterocycles. The van der Waals surface area contributed by atoms with Crippen molar-refractivity contribution in [1.82, 2.24) is 0 Å². The Morgan fingerprint density at radius 2 is 1.95 bits per heavy atom. The first-order valence-corrected chi connectivity index (χ1v) is 8.03. The largest absolute Gasteiger partial charge is 0.487 e. The number of hydrogen-bond donors (Lipinski definition) is 1. The van der Waals surface area contributed by atoms with Crippen LogP contribution in [0.5, 0.6) is 11.5 Å². The van der Waals surface area contributed by atoms with E-state index in [0.717, 1.165) is 47.5 Å². The van der Waals surface area contributed by atoms with E-state index < -0.39 is 0 Å². The number of rotatable bonds is 3. The van der Waals surface area contributed by atoms with E-state index in [1.807, 2.05) is 20.8 Å². The molecule has 4 heteroatoms. The van der Waals surface area contributed by atoms with Crippen LogP contribution in [-0.4, -0.2) is 17.3 Å². The molecule has 0 fully saturated rings. The summed E-state index contributed by atoms with van der Waals surface area (Å²) in [6, 6.07) is 0. The van der Waals surface area contributed by atoms with E-state index in [-0.39, 0.29) is 11.6 Å². The Balaban J connectivity index is 2.51. The van der Waals surface area contributed by atoms with E-state index in [1.165, 1.54) is 12.5 Å². The molecule has 0 amide bonds. The second kappa shape index (κ2) is 5.91. The van der Waals surface area contributed by atoms with Gasteiger partial charge < -0.3 is 9.47 Å². The molecular weight excluding hydrogens is 284 g/mol. The van der Waals surface area contributed by atoms with E-state index in [2.05, 4.69) is 19.6 Å². The van der Waals surface area contributed by atoms with Crippen LogP contribution in [0, 0.1) is 20.8 Å². The highest BCUT2D eigenvalue weighted by atomic mass is 32.1. The molecule has 0 aliphatic carbocycles. The molecule has 1 heterocycles. The molecule has 0 bridgehead atoms. The van der Waals surface area contributed by atoms with Crippen LogP contribution < -0.4 is 9.47 Å². The van der Waals surface area contributed by atoms with Crippen molar-refractivity contribution >= 4 is 18.6 Å². The van der Waals surface area contributed by atoms with Crippen LogP contribution in [-0.2, 0) is 11.2 Å². The molecule has 1 aromatic carbocycles. The summed E-state index contributed by atoms with van der Waals surface area (Å²) in [5.74, 6) is 2.20. The maximum absolute atomic E-state index is 11.3. The van der Waals surface area contributed by atoms with Crippen LogP contribution in [0.3, 0.4) is 0 Å². The summed E-state index contributed by atoms with van der Waals surface area (Å²) in [4.78, 5) is 11.3. The lowest BCUT2D eigenvalue weighted by Crippen LogP contribution is -2.37. The molecule has 116 valence electrons. The summed E-state index contributed by atoms with van der Waals surface area (Å²) in [5.41, 5.74) is 4.09. The van der Waals surface area contributed by atoms with Gasteiger partial charge in [0.05, 0.1) is 0 Å². The molecule has 21 heavy (non-hydrogen) atoms. The first kappa shape index (κ1) is 16.2. The minimum Gasteiger partial charge on any atom is -0.487 e. The number of fused-ring (bicyclic) bond motifs is 1. The van der Waals surface area contributed by atoms with Crippen molar-refractivity contribution in [3.63, 3.8) is 0 Å². The highest BCUT2D eigenvalue weighted by Crippen LogP contribution is 2.44. The lowest BCUT2D eigenvalue weighted by atomic mass is 9.86. The van der Waals surface area contributed by atoms with Crippen molar-refractivity contribution in [2.75, 3.05) is 5.75 Å². The predicted molar refractivity (Wildman–Crippen MR) is 87.8 cm³/mol. The van der Waals surface area contributed by atoms with Crippen molar-refractivity contribution in [3.8, 4) is 11.5 Å². The standard InChI is InChI=1S/C17H24O3S/c1-10-11(2)16-14(12(3)15(10)19-13(4)18)6-7-17(5,20-16)8-9-21/h21H,6-9H2,1-5H3. The fourth-order valence-corrected chi connectivity index (χ4v) is 3.46. The number of thiol groups is 1. The molecule has 1 aliphatic rings. The summed E-state index contributed by atoms with van der Waals surface area (Å²) < 4.78 is 11.7. The third-order valence-corrected chi connectivity index (χ3v) is 4.67. The van der Waals surface area contributed by atoms with Gasteiger partial charge in [0.1, 0.15) is 17.1 Å². The van der Waals surface area contributed by atoms with Gasteiger partial charge in [-0.1, -0.05) is 0 Å². The van der Waals surface area contributed by atoms with E-state index in [1.54, 1.807) is 0 Å². The van der Waals surface area contributed by atoms with Gasteiger partial charge in [0.25, 0.3) is 0 Å². The summed E-state index contributed by atoms with van der Waals surface area (Å²) >= 11 is 4.34. The van der Waals surface area contributed by atoms with Crippen molar-refractivity contribution < 1.29 is 14.3 Å². The first-order valence-electron chi connectivity index (χ1n) is 7.40. The fraction of sp³-hybridized carbons (Fsp3) is 0.588. The molecule has 0 saturated heterocycles. The summed E-state index contributed by atoms with van der Waals surface area (Å²) in [7, 11) is 0. The number of hydrogen-bond acceptors (Lipinski definition) is 4. The highest BCUT2D eigenvalue weighted by molar-refractivity contribution is 7.80. The molecule has 3 nitrogen and oxygen atoms in total. The average molecular weight is 308 g/mol. The molecule has 1 atom stereocenters. The Labute approximate surface area is 132 Å². The monoisotopic (exact) mass is 308 g/mol. The van der Waals surface area contributed by atoms with Crippen LogP contribution in [0.2, 0.25) is 0 Å². The van der Waals surface area contributed by atoms with Crippen molar-refractivity contribution in [2.45, 2.75) is 59.5 Å². The lowest BCUT2D eigenvalue weighted by Gasteiger charge is -2.38. The Morgan fingerprint density at radius 1 is 1.29 bits per heavy atom. The molecule has 0 radical (unpaired) electrons. The van der Waals surface area contributed by atoms with Gasteiger partial charge in [0.2, 0.25) is 0 Å². The van der Waals surface area contributed by atoms with Gasteiger partial charge in [-0.2, -0.15) is 12.6 Å². The van der Waals surface area contributed by atoms with Crippen LogP contribution >= 0.6 is 12.6 Å². The quantitative estimate of drug-likeness (QED) is 0.522. The Kier molecular flexibility index (Phi) is 4.57. The van der Waals surface area contributed by atoms with Crippen LogP contribution in [0.4, 0.5) is 0 Å². The van der Waals surface area contributed by atoms with E-state index in [4.69, 9.17) is 9.47 Å². The average Bonchev–Trinajstić information content (AvgIpc) is 2.41. The first-order chi connectivity index (χ1) is 9.79. The second-order valence-corrected chi connectivity index (χ2v) is 6.58. The fourth-order valence-electron chi connectivity index (χ4n) is 2.99.